The number of nitrogens with one attached hydrogen (secondary N) is 2. The standard InChI is InChI=1S/C23H20ClN3O3S/c1-13-8-9-19(30-13)21-16(11-25)23(27-17-6-3-7-18(28)22(17)21)31-12-20(29)26-15-5-2-4-14(24)10-15/h2,4-5,8-10,21,27H,3,6-7,12H2,1H3,(H,26,29)/t21-/m1/s1. The number of Topliss-reactive ketones (excluding diaryl/α,β-unsaturated/α-hetero) is 1. The van der Waals surface area contributed by atoms with Crippen molar-refractivity contribution in [3.8, 4) is 6.07 Å². The molecule has 0 saturated carbocycles. The molecule has 1 atom stereocenters. The van der Waals surface area contributed by atoms with E-state index in [4.69, 9.17) is 16.0 Å². The number of anilines is 1. The van der Waals surface area contributed by atoms with Gasteiger partial charge in [-0.25, -0.2) is 0 Å². The number of aryl methyl sites for hydroxylation is 1. The molecule has 6 nitrogen and oxygen atoms in total. The van der Waals surface area contributed by atoms with Gasteiger partial charge in [-0.2, -0.15) is 5.26 Å². The van der Waals surface area contributed by atoms with Crippen molar-refractivity contribution in [2.24, 2.45) is 0 Å². The SMILES string of the molecule is Cc1ccc([C@H]2C(C#N)=C(SCC(=O)Nc3cccc(Cl)c3)NC3=C2C(=O)CCC3)o1. The molecule has 0 saturated heterocycles. The lowest BCUT2D eigenvalue weighted by Gasteiger charge is -2.32. The molecule has 2 aliphatic rings. The van der Waals surface area contributed by atoms with E-state index in [2.05, 4.69) is 16.7 Å². The molecule has 2 aromatic rings. The van der Waals surface area contributed by atoms with Crippen molar-refractivity contribution in [2.45, 2.75) is 32.1 Å². The lowest BCUT2D eigenvalue weighted by Crippen LogP contribution is -2.31. The Morgan fingerprint density at radius 2 is 2.19 bits per heavy atom. The average molecular weight is 454 g/mol. The minimum absolute atomic E-state index is 0.0308. The normalized spacial score (nSPS) is 18.4. The Morgan fingerprint density at radius 3 is 2.90 bits per heavy atom. The van der Waals surface area contributed by atoms with Gasteiger partial charge in [-0.1, -0.05) is 29.4 Å². The third-order valence-corrected chi connectivity index (χ3v) is 6.42. The predicted octanol–water partition coefficient (Wildman–Crippen LogP) is 5.04. The van der Waals surface area contributed by atoms with Crippen LogP contribution in [0.1, 0.15) is 36.7 Å². The molecule has 8 heteroatoms. The number of allylic oxidation sites excluding steroid dienone is 3. The maximum Gasteiger partial charge on any atom is 0.234 e. The number of rotatable bonds is 5. The van der Waals surface area contributed by atoms with Gasteiger partial charge >= 0.3 is 0 Å². The van der Waals surface area contributed by atoms with Crippen LogP contribution in [0.5, 0.6) is 0 Å². The Bertz CT molecular complexity index is 1160. The van der Waals surface area contributed by atoms with E-state index in [0.29, 0.717) is 44.8 Å². The van der Waals surface area contributed by atoms with Gasteiger partial charge < -0.3 is 15.1 Å². The Morgan fingerprint density at radius 1 is 1.35 bits per heavy atom. The highest BCUT2D eigenvalue weighted by Crippen LogP contribution is 2.44. The molecule has 1 aliphatic heterocycles. The summed E-state index contributed by atoms with van der Waals surface area (Å²) in [4.78, 5) is 25.2. The molecule has 0 spiro atoms. The molecule has 31 heavy (non-hydrogen) atoms. The zero-order valence-electron chi connectivity index (χ0n) is 16.8. The molecule has 1 aliphatic carbocycles. The largest absolute Gasteiger partial charge is 0.465 e. The maximum absolute atomic E-state index is 12.7. The molecular formula is C23H20ClN3O3S. The van der Waals surface area contributed by atoms with E-state index >= 15 is 0 Å². The van der Waals surface area contributed by atoms with E-state index in [-0.39, 0.29) is 17.4 Å². The van der Waals surface area contributed by atoms with Crippen LogP contribution in [0.2, 0.25) is 5.02 Å². The van der Waals surface area contributed by atoms with Crippen LogP contribution in [0.4, 0.5) is 5.69 Å². The van der Waals surface area contributed by atoms with Crippen LogP contribution >= 0.6 is 23.4 Å². The number of carbonyl (C=O) groups is 2. The van der Waals surface area contributed by atoms with E-state index < -0.39 is 5.92 Å². The van der Waals surface area contributed by atoms with Crippen molar-refractivity contribution in [3.63, 3.8) is 0 Å². The zero-order valence-corrected chi connectivity index (χ0v) is 18.4. The fourth-order valence-corrected chi connectivity index (χ4v) is 4.88. The number of carbonyl (C=O) groups excluding carboxylic acids is 2. The van der Waals surface area contributed by atoms with Crippen LogP contribution in [-0.4, -0.2) is 17.4 Å². The fourth-order valence-electron chi connectivity index (χ4n) is 3.83. The summed E-state index contributed by atoms with van der Waals surface area (Å²) >= 11 is 7.20. The molecule has 1 aromatic carbocycles. The summed E-state index contributed by atoms with van der Waals surface area (Å²) in [6.07, 6.45) is 1.93. The first kappa shape index (κ1) is 21.3. The minimum atomic E-state index is -0.554. The van der Waals surface area contributed by atoms with Crippen molar-refractivity contribution in [1.82, 2.24) is 5.32 Å². The third kappa shape index (κ3) is 4.55. The topological polar surface area (TPSA) is 95.1 Å². The second kappa shape index (κ2) is 9.04. The number of nitrogens with zero attached hydrogens (tertiary/aromatic N) is 1. The smallest absolute Gasteiger partial charge is 0.234 e. The van der Waals surface area contributed by atoms with Gasteiger partial charge in [0.25, 0.3) is 0 Å². The first-order valence-electron chi connectivity index (χ1n) is 9.88. The Labute approximate surface area is 189 Å². The Kier molecular flexibility index (Phi) is 6.21. The Hall–Kier alpha value is -2.95. The highest BCUT2D eigenvalue weighted by atomic mass is 35.5. The van der Waals surface area contributed by atoms with Gasteiger partial charge in [0.2, 0.25) is 5.91 Å². The number of nitriles is 1. The van der Waals surface area contributed by atoms with Crippen molar-refractivity contribution < 1.29 is 14.0 Å². The van der Waals surface area contributed by atoms with Crippen molar-refractivity contribution >= 4 is 40.7 Å². The second-order valence-corrected chi connectivity index (χ2v) is 8.80. The summed E-state index contributed by atoms with van der Waals surface area (Å²) in [5, 5.41) is 17.1. The molecular weight excluding hydrogens is 434 g/mol. The molecule has 0 radical (unpaired) electrons. The fraction of sp³-hybridized carbons (Fsp3) is 0.261. The lowest BCUT2D eigenvalue weighted by atomic mass is 9.79. The van der Waals surface area contributed by atoms with Gasteiger partial charge in [-0.3, -0.25) is 9.59 Å². The first-order valence-corrected chi connectivity index (χ1v) is 11.2. The number of hydrogen-bond acceptors (Lipinski definition) is 6. The first-order chi connectivity index (χ1) is 15.0. The van der Waals surface area contributed by atoms with Gasteiger partial charge in [0.1, 0.15) is 11.5 Å². The molecule has 1 amide bonds. The highest BCUT2D eigenvalue weighted by Gasteiger charge is 2.38. The second-order valence-electron chi connectivity index (χ2n) is 7.38. The van der Waals surface area contributed by atoms with Crippen LogP contribution < -0.4 is 10.6 Å². The predicted molar refractivity (Wildman–Crippen MR) is 120 cm³/mol. The number of furan rings is 1. The number of thioether (sulfide) groups is 1. The van der Waals surface area contributed by atoms with Gasteiger partial charge in [0.15, 0.2) is 5.78 Å². The van der Waals surface area contributed by atoms with Crippen LogP contribution in [0, 0.1) is 18.3 Å². The molecule has 0 fully saturated rings. The highest BCUT2D eigenvalue weighted by molar-refractivity contribution is 8.03. The van der Waals surface area contributed by atoms with E-state index in [1.165, 1.54) is 11.8 Å². The molecule has 1 aromatic heterocycles. The Balaban J connectivity index is 1.59. The zero-order chi connectivity index (χ0) is 22.0. The molecule has 158 valence electrons. The van der Waals surface area contributed by atoms with Crippen LogP contribution in [0.3, 0.4) is 0 Å². The number of amides is 1. The number of halogens is 1. The molecule has 2 N–H and O–H groups in total. The van der Waals surface area contributed by atoms with Gasteiger partial charge in [-0.05, 0) is 50.1 Å². The molecule has 0 unspecified atom stereocenters. The quantitative estimate of drug-likeness (QED) is 0.658. The summed E-state index contributed by atoms with van der Waals surface area (Å²) in [7, 11) is 0. The summed E-state index contributed by atoms with van der Waals surface area (Å²) < 4.78 is 5.82. The monoisotopic (exact) mass is 453 g/mol. The van der Waals surface area contributed by atoms with Crippen LogP contribution in [0.25, 0.3) is 0 Å². The summed E-state index contributed by atoms with van der Waals surface area (Å²) in [6, 6.07) is 12.8. The number of ketones is 1. The van der Waals surface area contributed by atoms with Gasteiger partial charge in [0.05, 0.1) is 28.3 Å². The minimum Gasteiger partial charge on any atom is -0.465 e. The number of dihydropyridines is 1. The average Bonchev–Trinajstić information content (AvgIpc) is 3.17. The van der Waals surface area contributed by atoms with Crippen molar-refractivity contribution in [3.05, 3.63) is 74.8 Å². The van der Waals surface area contributed by atoms with Crippen LogP contribution in [0.15, 0.2) is 62.7 Å². The van der Waals surface area contributed by atoms with Gasteiger partial charge in [-0.15, -0.1) is 0 Å². The summed E-state index contributed by atoms with van der Waals surface area (Å²) in [5.74, 6) is 0.639. The van der Waals surface area contributed by atoms with Crippen molar-refractivity contribution in [1.29, 1.82) is 5.26 Å². The van der Waals surface area contributed by atoms with E-state index in [0.717, 1.165) is 18.5 Å². The molecule has 0 bridgehead atoms. The van der Waals surface area contributed by atoms with Gasteiger partial charge in [0, 0.05) is 28.4 Å². The molecule has 2 heterocycles. The molecule has 4 rings (SSSR count). The summed E-state index contributed by atoms with van der Waals surface area (Å²) in [6.45, 7) is 1.83. The summed E-state index contributed by atoms with van der Waals surface area (Å²) in [5.41, 5.74) is 2.41. The van der Waals surface area contributed by atoms with Crippen LogP contribution in [-0.2, 0) is 9.59 Å². The van der Waals surface area contributed by atoms with E-state index in [1.54, 1.807) is 24.3 Å². The van der Waals surface area contributed by atoms with E-state index in [9.17, 15) is 14.9 Å². The number of benzene rings is 1. The number of hydrogen-bond donors (Lipinski definition) is 2. The van der Waals surface area contributed by atoms with E-state index in [1.807, 2.05) is 19.1 Å². The van der Waals surface area contributed by atoms with Crippen molar-refractivity contribution in [2.75, 3.05) is 11.1 Å². The third-order valence-electron chi connectivity index (χ3n) is 5.16. The maximum atomic E-state index is 12.7. The lowest BCUT2D eigenvalue weighted by molar-refractivity contribution is -0.116.